The molecule has 1 aromatic heterocycles. The Morgan fingerprint density at radius 2 is 1.93 bits per heavy atom. The maximum Gasteiger partial charge on any atom is 0.317 e. The van der Waals surface area contributed by atoms with E-state index in [0.717, 1.165) is 0 Å². The average molecular weight is 214 g/mol. The fraction of sp³-hybridized carbons (Fsp3) is 0.375. The van der Waals surface area contributed by atoms with Crippen molar-refractivity contribution < 1.29 is 24.3 Å². The van der Waals surface area contributed by atoms with Crippen molar-refractivity contribution in [3.8, 4) is 0 Å². The Morgan fingerprint density at radius 3 is 2.33 bits per heavy atom. The molecule has 7 heteroatoms. The minimum absolute atomic E-state index is 0.110. The standard InChI is InChI=1S/C8H10N2O5/c11-7(12)4-10(5-8(13)14)3-6-1-2-9-15-6/h1-2H,3-5H2,(H,11,12)(H,13,14). The molecule has 0 saturated carbocycles. The third-order valence-electron chi connectivity index (χ3n) is 1.59. The summed E-state index contributed by atoms with van der Waals surface area (Å²) in [5, 5.41) is 20.5. The lowest BCUT2D eigenvalue weighted by Gasteiger charge is -2.15. The molecule has 0 aliphatic rings. The van der Waals surface area contributed by atoms with E-state index in [4.69, 9.17) is 14.7 Å². The molecule has 0 spiro atoms. The largest absolute Gasteiger partial charge is 0.480 e. The first-order chi connectivity index (χ1) is 7.08. The van der Waals surface area contributed by atoms with Crippen molar-refractivity contribution >= 4 is 11.9 Å². The molecule has 15 heavy (non-hydrogen) atoms. The molecule has 0 amide bonds. The lowest BCUT2D eigenvalue weighted by molar-refractivity contribution is -0.142. The normalized spacial score (nSPS) is 10.5. The van der Waals surface area contributed by atoms with Gasteiger partial charge in [-0.2, -0.15) is 0 Å². The van der Waals surface area contributed by atoms with Crippen molar-refractivity contribution in [2.75, 3.05) is 13.1 Å². The lowest BCUT2D eigenvalue weighted by atomic mass is 10.4. The summed E-state index contributed by atoms with van der Waals surface area (Å²) >= 11 is 0. The lowest BCUT2D eigenvalue weighted by Crippen LogP contribution is -2.33. The van der Waals surface area contributed by atoms with Gasteiger partial charge in [0.1, 0.15) is 0 Å². The van der Waals surface area contributed by atoms with Crippen LogP contribution in [0.2, 0.25) is 0 Å². The molecule has 0 bridgehead atoms. The van der Waals surface area contributed by atoms with Gasteiger partial charge in [-0.05, 0) is 0 Å². The molecule has 82 valence electrons. The zero-order valence-electron chi connectivity index (χ0n) is 7.79. The molecule has 7 nitrogen and oxygen atoms in total. The first-order valence-electron chi connectivity index (χ1n) is 4.13. The second kappa shape index (κ2) is 5.11. The fourth-order valence-electron chi connectivity index (χ4n) is 1.09. The molecule has 0 unspecified atom stereocenters. The highest BCUT2D eigenvalue weighted by atomic mass is 16.5. The zero-order valence-corrected chi connectivity index (χ0v) is 7.79. The van der Waals surface area contributed by atoms with Crippen LogP contribution >= 0.6 is 0 Å². The monoisotopic (exact) mass is 214 g/mol. The molecule has 0 aliphatic carbocycles. The van der Waals surface area contributed by atoms with E-state index in [1.54, 1.807) is 6.07 Å². The topological polar surface area (TPSA) is 104 Å². The Morgan fingerprint density at radius 1 is 1.33 bits per heavy atom. The molecule has 0 atom stereocenters. The molecule has 1 aromatic rings. The number of aromatic nitrogens is 1. The number of nitrogens with zero attached hydrogens (tertiary/aromatic N) is 2. The predicted octanol–water partition coefficient (Wildman–Crippen LogP) is -0.354. The van der Waals surface area contributed by atoms with Gasteiger partial charge in [-0.3, -0.25) is 14.5 Å². The Balaban J connectivity index is 2.55. The van der Waals surface area contributed by atoms with Crippen LogP contribution < -0.4 is 0 Å². The quantitative estimate of drug-likeness (QED) is 0.666. The summed E-state index contributed by atoms with van der Waals surface area (Å²) in [5.41, 5.74) is 0. The summed E-state index contributed by atoms with van der Waals surface area (Å²) in [4.78, 5) is 22.1. The minimum Gasteiger partial charge on any atom is -0.480 e. The maximum atomic E-state index is 10.4. The van der Waals surface area contributed by atoms with E-state index in [9.17, 15) is 9.59 Å². The number of carbonyl (C=O) groups is 2. The molecular formula is C8H10N2O5. The van der Waals surface area contributed by atoms with Crippen LogP contribution in [0.1, 0.15) is 5.76 Å². The number of rotatable bonds is 6. The number of aliphatic carboxylic acids is 2. The number of hydrogen-bond donors (Lipinski definition) is 2. The van der Waals surface area contributed by atoms with Crippen LogP contribution in [0.5, 0.6) is 0 Å². The van der Waals surface area contributed by atoms with E-state index in [0.29, 0.717) is 5.76 Å². The van der Waals surface area contributed by atoms with E-state index < -0.39 is 11.9 Å². The Bertz CT molecular complexity index is 319. The van der Waals surface area contributed by atoms with Crippen molar-refractivity contribution in [1.82, 2.24) is 10.1 Å². The van der Waals surface area contributed by atoms with E-state index in [1.807, 2.05) is 0 Å². The zero-order chi connectivity index (χ0) is 11.3. The second-order valence-corrected chi connectivity index (χ2v) is 2.91. The summed E-state index contributed by atoms with van der Waals surface area (Å²) in [7, 11) is 0. The van der Waals surface area contributed by atoms with Gasteiger partial charge in [0.15, 0.2) is 5.76 Å². The smallest absolute Gasteiger partial charge is 0.317 e. The Hall–Kier alpha value is -1.89. The molecule has 1 heterocycles. The van der Waals surface area contributed by atoms with Crippen molar-refractivity contribution in [2.24, 2.45) is 0 Å². The average Bonchev–Trinajstić information content (AvgIpc) is 2.53. The maximum absolute atomic E-state index is 10.4. The molecular weight excluding hydrogens is 204 g/mol. The second-order valence-electron chi connectivity index (χ2n) is 2.91. The molecule has 0 saturated heterocycles. The van der Waals surface area contributed by atoms with Gasteiger partial charge in [0.05, 0.1) is 25.8 Å². The number of hydrogen-bond acceptors (Lipinski definition) is 5. The number of carboxylic acids is 2. The van der Waals surface area contributed by atoms with Gasteiger partial charge in [-0.25, -0.2) is 0 Å². The van der Waals surface area contributed by atoms with Gasteiger partial charge >= 0.3 is 11.9 Å². The van der Waals surface area contributed by atoms with Gasteiger partial charge in [-0.1, -0.05) is 5.16 Å². The van der Waals surface area contributed by atoms with Crippen LogP contribution in [0.15, 0.2) is 16.8 Å². The van der Waals surface area contributed by atoms with Crippen LogP contribution in [0.25, 0.3) is 0 Å². The third kappa shape index (κ3) is 4.23. The summed E-state index contributed by atoms with van der Waals surface area (Å²) in [5.74, 6) is -1.75. The van der Waals surface area contributed by atoms with Gasteiger partial charge in [0.25, 0.3) is 0 Å². The van der Waals surface area contributed by atoms with E-state index in [-0.39, 0.29) is 19.6 Å². The summed E-state index contributed by atoms with van der Waals surface area (Å²) in [6.45, 7) is -0.599. The number of carboxylic acid groups (broad SMARTS) is 2. The van der Waals surface area contributed by atoms with Gasteiger partial charge < -0.3 is 14.7 Å². The SMILES string of the molecule is O=C(O)CN(CC(=O)O)Cc1ccno1. The predicted molar refractivity (Wildman–Crippen MR) is 47.1 cm³/mol. The third-order valence-corrected chi connectivity index (χ3v) is 1.59. The Labute approximate surface area is 84.9 Å². The molecule has 2 N–H and O–H groups in total. The molecule has 0 aliphatic heterocycles. The molecule has 0 radical (unpaired) electrons. The van der Waals surface area contributed by atoms with E-state index in [2.05, 4.69) is 5.16 Å². The van der Waals surface area contributed by atoms with Gasteiger partial charge in [0.2, 0.25) is 0 Å². The van der Waals surface area contributed by atoms with Crippen LogP contribution in [0.3, 0.4) is 0 Å². The van der Waals surface area contributed by atoms with Crippen molar-refractivity contribution in [2.45, 2.75) is 6.54 Å². The van der Waals surface area contributed by atoms with Crippen LogP contribution in [0.4, 0.5) is 0 Å². The van der Waals surface area contributed by atoms with Crippen molar-refractivity contribution in [1.29, 1.82) is 0 Å². The first-order valence-corrected chi connectivity index (χ1v) is 4.13. The van der Waals surface area contributed by atoms with Crippen molar-refractivity contribution in [3.63, 3.8) is 0 Å². The van der Waals surface area contributed by atoms with Crippen molar-refractivity contribution in [3.05, 3.63) is 18.0 Å². The minimum atomic E-state index is -1.09. The highest BCUT2D eigenvalue weighted by Crippen LogP contribution is 2.02. The van der Waals surface area contributed by atoms with Gasteiger partial charge in [-0.15, -0.1) is 0 Å². The molecule has 1 rings (SSSR count). The van der Waals surface area contributed by atoms with Crippen LogP contribution in [-0.4, -0.2) is 45.3 Å². The van der Waals surface area contributed by atoms with E-state index in [1.165, 1.54) is 11.1 Å². The summed E-state index contributed by atoms with van der Waals surface area (Å²) in [6.07, 6.45) is 1.41. The molecule has 0 fully saturated rings. The highest BCUT2D eigenvalue weighted by molar-refractivity contribution is 5.72. The highest BCUT2D eigenvalue weighted by Gasteiger charge is 2.15. The van der Waals surface area contributed by atoms with E-state index >= 15 is 0 Å². The molecule has 0 aromatic carbocycles. The van der Waals surface area contributed by atoms with Gasteiger partial charge in [0, 0.05) is 6.07 Å². The Kier molecular flexibility index (Phi) is 3.81. The fourth-order valence-corrected chi connectivity index (χ4v) is 1.09. The summed E-state index contributed by atoms with van der Waals surface area (Å²) < 4.78 is 4.75. The first kappa shape index (κ1) is 11.2. The summed E-state index contributed by atoms with van der Waals surface area (Å²) in [6, 6.07) is 1.55. The van der Waals surface area contributed by atoms with Crippen LogP contribution in [0, 0.1) is 0 Å². The van der Waals surface area contributed by atoms with Crippen LogP contribution in [-0.2, 0) is 16.1 Å².